The first-order chi connectivity index (χ1) is 10.4. The van der Waals surface area contributed by atoms with E-state index in [1.165, 1.54) is 0 Å². The standard InChI is InChI=1S/C16H18Cl2N2O2/c1-10-12(17)7-11(8-13(10)18)14(21)20-6-4-16(9-20)3-2-5-19-15(16)22/h7-8H,2-6,9H2,1H3,(H,19,22). The third kappa shape index (κ3) is 2.59. The number of piperidine rings is 1. The maximum absolute atomic E-state index is 12.7. The number of rotatable bonds is 1. The van der Waals surface area contributed by atoms with Crippen LogP contribution in [0.4, 0.5) is 0 Å². The maximum Gasteiger partial charge on any atom is 0.253 e. The van der Waals surface area contributed by atoms with Gasteiger partial charge in [-0.1, -0.05) is 23.2 Å². The van der Waals surface area contributed by atoms with Gasteiger partial charge in [0.05, 0.1) is 5.41 Å². The molecule has 0 aromatic heterocycles. The topological polar surface area (TPSA) is 49.4 Å². The van der Waals surface area contributed by atoms with Gasteiger partial charge in [-0.2, -0.15) is 0 Å². The highest BCUT2D eigenvalue weighted by atomic mass is 35.5. The van der Waals surface area contributed by atoms with Crippen molar-refractivity contribution in [2.24, 2.45) is 5.41 Å². The van der Waals surface area contributed by atoms with Crippen molar-refractivity contribution < 1.29 is 9.59 Å². The first kappa shape index (κ1) is 15.6. The predicted molar refractivity (Wildman–Crippen MR) is 86.4 cm³/mol. The van der Waals surface area contributed by atoms with Crippen LogP contribution in [0, 0.1) is 12.3 Å². The zero-order valence-corrected chi connectivity index (χ0v) is 13.9. The predicted octanol–water partition coefficient (Wildman–Crippen LogP) is 3.04. The van der Waals surface area contributed by atoms with Gasteiger partial charge in [0.1, 0.15) is 0 Å². The van der Waals surface area contributed by atoms with Gasteiger partial charge in [0.25, 0.3) is 5.91 Å². The van der Waals surface area contributed by atoms with Gasteiger partial charge >= 0.3 is 0 Å². The molecule has 1 unspecified atom stereocenters. The van der Waals surface area contributed by atoms with E-state index in [1.54, 1.807) is 17.0 Å². The number of carbonyl (C=O) groups is 2. The molecule has 6 heteroatoms. The molecule has 1 spiro atoms. The summed E-state index contributed by atoms with van der Waals surface area (Å²) in [6.45, 7) is 3.62. The van der Waals surface area contributed by atoms with Gasteiger partial charge in [0, 0.05) is 35.2 Å². The minimum Gasteiger partial charge on any atom is -0.356 e. The molecule has 2 fully saturated rings. The van der Waals surface area contributed by atoms with E-state index in [9.17, 15) is 9.59 Å². The van der Waals surface area contributed by atoms with Crippen LogP contribution < -0.4 is 5.32 Å². The normalized spacial score (nSPS) is 24.7. The van der Waals surface area contributed by atoms with Crippen LogP contribution in [0.25, 0.3) is 0 Å². The SMILES string of the molecule is Cc1c(Cl)cc(C(=O)N2CCC3(CCCNC3=O)C2)cc1Cl. The average Bonchev–Trinajstić information content (AvgIpc) is 2.92. The molecule has 0 bridgehead atoms. The Hall–Kier alpha value is -1.26. The highest BCUT2D eigenvalue weighted by Crippen LogP contribution is 2.38. The molecular weight excluding hydrogens is 323 g/mol. The van der Waals surface area contributed by atoms with Crippen LogP contribution in [-0.4, -0.2) is 36.3 Å². The molecule has 1 aromatic rings. The Kier molecular flexibility index (Phi) is 4.08. The molecule has 0 saturated carbocycles. The lowest BCUT2D eigenvalue weighted by molar-refractivity contribution is -0.132. The number of likely N-dealkylation sites (tertiary alicyclic amines) is 1. The summed E-state index contributed by atoms with van der Waals surface area (Å²) in [4.78, 5) is 26.6. The molecule has 2 saturated heterocycles. The molecule has 22 heavy (non-hydrogen) atoms. The number of hydrogen-bond acceptors (Lipinski definition) is 2. The van der Waals surface area contributed by atoms with Crippen molar-refractivity contribution in [3.8, 4) is 0 Å². The Morgan fingerprint density at radius 1 is 1.27 bits per heavy atom. The maximum atomic E-state index is 12.7. The van der Waals surface area contributed by atoms with E-state index in [0.29, 0.717) is 28.7 Å². The second kappa shape index (κ2) is 5.74. The molecule has 2 amide bonds. The minimum atomic E-state index is -0.411. The highest BCUT2D eigenvalue weighted by Gasteiger charge is 2.46. The van der Waals surface area contributed by atoms with Gasteiger partial charge in [0.15, 0.2) is 0 Å². The molecule has 3 rings (SSSR count). The molecule has 118 valence electrons. The van der Waals surface area contributed by atoms with Crippen LogP contribution in [0.5, 0.6) is 0 Å². The van der Waals surface area contributed by atoms with Crippen LogP contribution in [0.3, 0.4) is 0 Å². The number of amides is 2. The molecular formula is C16H18Cl2N2O2. The molecule has 2 heterocycles. The molecule has 1 aromatic carbocycles. The van der Waals surface area contributed by atoms with Crippen molar-refractivity contribution in [2.45, 2.75) is 26.2 Å². The van der Waals surface area contributed by atoms with Crippen molar-refractivity contribution in [1.82, 2.24) is 10.2 Å². The van der Waals surface area contributed by atoms with Crippen LogP contribution in [0.1, 0.15) is 35.2 Å². The van der Waals surface area contributed by atoms with Gasteiger partial charge in [-0.3, -0.25) is 9.59 Å². The summed E-state index contributed by atoms with van der Waals surface area (Å²) in [5.41, 5.74) is 0.838. The van der Waals surface area contributed by atoms with E-state index < -0.39 is 5.41 Å². The summed E-state index contributed by atoms with van der Waals surface area (Å²) in [5.74, 6) is -0.0342. The summed E-state index contributed by atoms with van der Waals surface area (Å²) < 4.78 is 0. The smallest absolute Gasteiger partial charge is 0.253 e. The van der Waals surface area contributed by atoms with Crippen molar-refractivity contribution >= 4 is 35.0 Å². The Labute approximate surface area is 139 Å². The van der Waals surface area contributed by atoms with Gasteiger partial charge in [0.2, 0.25) is 5.91 Å². The Morgan fingerprint density at radius 3 is 2.59 bits per heavy atom. The molecule has 1 atom stereocenters. The second-order valence-electron chi connectivity index (χ2n) is 6.18. The zero-order valence-electron chi connectivity index (χ0n) is 12.4. The number of carbonyl (C=O) groups excluding carboxylic acids is 2. The average molecular weight is 341 g/mol. The number of nitrogens with zero attached hydrogens (tertiary/aromatic N) is 1. The number of halogens is 2. The first-order valence-corrected chi connectivity index (χ1v) is 8.22. The fourth-order valence-electron chi connectivity index (χ4n) is 3.32. The Morgan fingerprint density at radius 2 is 1.95 bits per heavy atom. The highest BCUT2D eigenvalue weighted by molar-refractivity contribution is 6.36. The van der Waals surface area contributed by atoms with Crippen molar-refractivity contribution in [3.05, 3.63) is 33.3 Å². The minimum absolute atomic E-state index is 0.0778. The van der Waals surface area contributed by atoms with Gasteiger partial charge in [-0.15, -0.1) is 0 Å². The lowest BCUT2D eigenvalue weighted by Gasteiger charge is -2.32. The van der Waals surface area contributed by atoms with E-state index in [0.717, 1.165) is 31.4 Å². The van der Waals surface area contributed by atoms with E-state index in [2.05, 4.69) is 5.32 Å². The summed E-state index contributed by atoms with van der Waals surface area (Å²) in [6, 6.07) is 3.30. The van der Waals surface area contributed by atoms with Crippen LogP contribution in [-0.2, 0) is 4.79 Å². The molecule has 1 N–H and O–H groups in total. The third-order valence-corrected chi connectivity index (χ3v) is 5.55. The van der Waals surface area contributed by atoms with Crippen molar-refractivity contribution in [3.63, 3.8) is 0 Å². The fourth-order valence-corrected chi connectivity index (χ4v) is 3.80. The monoisotopic (exact) mass is 340 g/mol. The summed E-state index contributed by atoms with van der Waals surface area (Å²) >= 11 is 12.2. The number of nitrogens with one attached hydrogen (secondary N) is 1. The van der Waals surface area contributed by atoms with Crippen LogP contribution >= 0.6 is 23.2 Å². The first-order valence-electron chi connectivity index (χ1n) is 7.46. The molecule has 4 nitrogen and oxygen atoms in total. The largest absolute Gasteiger partial charge is 0.356 e. The Balaban J connectivity index is 1.81. The number of hydrogen-bond donors (Lipinski definition) is 1. The van der Waals surface area contributed by atoms with E-state index in [1.807, 2.05) is 6.92 Å². The van der Waals surface area contributed by atoms with Crippen LogP contribution in [0.2, 0.25) is 10.0 Å². The summed E-state index contributed by atoms with van der Waals surface area (Å²) in [5, 5.41) is 3.89. The fraction of sp³-hybridized carbons (Fsp3) is 0.500. The van der Waals surface area contributed by atoms with E-state index >= 15 is 0 Å². The quantitative estimate of drug-likeness (QED) is 0.854. The van der Waals surface area contributed by atoms with Crippen LogP contribution in [0.15, 0.2) is 12.1 Å². The molecule has 2 aliphatic heterocycles. The lowest BCUT2D eigenvalue weighted by Crippen LogP contribution is -2.47. The van der Waals surface area contributed by atoms with Crippen molar-refractivity contribution in [1.29, 1.82) is 0 Å². The Bertz CT molecular complexity index is 624. The third-order valence-electron chi connectivity index (χ3n) is 4.77. The van der Waals surface area contributed by atoms with E-state index in [-0.39, 0.29) is 11.8 Å². The molecule has 0 aliphatic carbocycles. The molecule has 0 radical (unpaired) electrons. The van der Waals surface area contributed by atoms with Crippen molar-refractivity contribution in [2.75, 3.05) is 19.6 Å². The molecule has 2 aliphatic rings. The second-order valence-corrected chi connectivity index (χ2v) is 7.00. The van der Waals surface area contributed by atoms with Gasteiger partial charge in [-0.25, -0.2) is 0 Å². The summed E-state index contributed by atoms with van der Waals surface area (Å²) in [6.07, 6.45) is 2.53. The van der Waals surface area contributed by atoms with Gasteiger partial charge in [-0.05, 0) is 43.9 Å². The number of benzene rings is 1. The van der Waals surface area contributed by atoms with Gasteiger partial charge < -0.3 is 10.2 Å². The summed E-state index contributed by atoms with van der Waals surface area (Å²) in [7, 11) is 0. The zero-order chi connectivity index (χ0) is 15.9. The lowest BCUT2D eigenvalue weighted by atomic mass is 9.79. The van der Waals surface area contributed by atoms with E-state index in [4.69, 9.17) is 23.2 Å².